The van der Waals surface area contributed by atoms with Crippen LogP contribution in [0.2, 0.25) is 0 Å². The maximum atomic E-state index is 13.2. The number of hydrogen-bond donors (Lipinski definition) is 0. The Balaban J connectivity index is 1.99. The quantitative estimate of drug-likeness (QED) is 0.790. The number of nitrogens with zero attached hydrogens (tertiary/aromatic N) is 1. The average Bonchev–Trinajstić information content (AvgIpc) is 2.52. The van der Waals surface area contributed by atoms with Crippen LogP contribution in [-0.2, 0) is 6.42 Å². The summed E-state index contributed by atoms with van der Waals surface area (Å²) in [5.41, 5.74) is 0.540. The molecule has 0 amide bonds. The summed E-state index contributed by atoms with van der Waals surface area (Å²) >= 11 is 0. The van der Waals surface area contributed by atoms with E-state index in [-0.39, 0.29) is 0 Å². The Morgan fingerprint density at radius 2 is 1.77 bits per heavy atom. The first kappa shape index (κ1) is 16.7. The topological polar surface area (TPSA) is 12.5 Å². The molecule has 2 nitrogen and oxygen atoms in total. The predicted octanol–water partition coefficient (Wildman–Crippen LogP) is 4.56. The molecule has 122 valence electrons. The highest BCUT2D eigenvalue weighted by Crippen LogP contribution is 2.31. The van der Waals surface area contributed by atoms with Gasteiger partial charge in [-0.05, 0) is 49.8 Å². The summed E-state index contributed by atoms with van der Waals surface area (Å²) in [5, 5.41) is 0. The van der Waals surface area contributed by atoms with Gasteiger partial charge in [0.2, 0.25) is 0 Å². The van der Waals surface area contributed by atoms with E-state index in [0.29, 0.717) is 25.9 Å². The Morgan fingerprint density at radius 3 is 2.32 bits per heavy atom. The van der Waals surface area contributed by atoms with Gasteiger partial charge in [-0.15, -0.1) is 0 Å². The van der Waals surface area contributed by atoms with Crippen LogP contribution in [0.1, 0.15) is 31.2 Å². The molecule has 1 aliphatic heterocycles. The number of benzene rings is 1. The van der Waals surface area contributed by atoms with Crippen molar-refractivity contribution >= 4 is 0 Å². The summed E-state index contributed by atoms with van der Waals surface area (Å²) < 4.78 is 44.7. The summed E-state index contributed by atoms with van der Waals surface area (Å²) in [6, 6.07) is 7.43. The van der Waals surface area contributed by atoms with Crippen LogP contribution in [0.5, 0.6) is 5.75 Å². The molecule has 1 aliphatic rings. The molecular weight excluding hydrogens is 291 g/mol. The highest BCUT2D eigenvalue weighted by atomic mass is 19.4. The second-order valence-corrected chi connectivity index (χ2v) is 5.52. The van der Waals surface area contributed by atoms with Gasteiger partial charge in [0.15, 0.2) is 0 Å². The first-order chi connectivity index (χ1) is 10.5. The van der Waals surface area contributed by atoms with Gasteiger partial charge in [-0.1, -0.05) is 18.2 Å². The van der Waals surface area contributed by atoms with E-state index in [1.165, 1.54) is 11.0 Å². The van der Waals surface area contributed by atoms with Gasteiger partial charge in [0, 0.05) is 13.1 Å². The molecule has 5 heteroatoms. The lowest BCUT2D eigenvalue weighted by Gasteiger charge is -2.32. The molecular formula is C17H22F3NO. The van der Waals surface area contributed by atoms with Crippen molar-refractivity contribution in [2.45, 2.75) is 38.3 Å². The van der Waals surface area contributed by atoms with E-state index in [0.717, 1.165) is 30.6 Å². The van der Waals surface area contributed by atoms with Gasteiger partial charge in [-0.25, -0.2) is 0 Å². The molecule has 22 heavy (non-hydrogen) atoms. The van der Waals surface area contributed by atoms with Crippen LogP contribution in [-0.4, -0.2) is 31.3 Å². The largest absolute Gasteiger partial charge is 0.497 e. The monoisotopic (exact) mass is 313 g/mol. The zero-order chi connectivity index (χ0) is 16.0. The lowest BCUT2D eigenvalue weighted by atomic mass is 10.1. The van der Waals surface area contributed by atoms with Gasteiger partial charge < -0.3 is 9.64 Å². The van der Waals surface area contributed by atoms with E-state index in [1.54, 1.807) is 7.11 Å². The molecule has 2 rings (SSSR count). The second kappa shape index (κ2) is 7.56. The van der Waals surface area contributed by atoms with E-state index >= 15 is 0 Å². The molecule has 1 heterocycles. The van der Waals surface area contributed by atoms with Crippen LogP contribution in [0, 0.1) is 0 Å². The van der Waals surface area contributed by atoms with Gasteiger partial charge >= 0.3 is 6.18 Å². The standard InChI is InChI=1S/C17H22F3NO/c1-22-15-10-8-14(9-11-15)6-5-7-16(17(18,19)20)21-12-3-2-4-13-21/h7-11H,2-6,12-13H2,1H3/b16-7+. The number of allylic oxidation sites excluding steroid dienone is 2. The first-order valence-electron chi connectivity index (χ1n) is 7.66. The zero-order valence-corrected chi connectivity index (χ0v) is 12.8. The van der Waals surface area contributed by atoms with E-state index in [9.17, 15) is 13.2 Å². The maximum absolute atomic E-state index is 13.2. The lowest BCUT2D eigenvalue weighted by molar-refractivity contribution is -0.113. The molecule has 0 bridgehead atoms. The smallest absolute Gasteiger partial charge is 0.430 e. The van der Waals surface area contributed by atoms with E-state index in [1.807, 2.05) is 24.3 Å². The summed E-state index contributed by atoms with van der Waals surface area (Å²) in [5.74, 6) is 0.753. The van der Waals surface area contributed by atoms with Crippen LogP contribution >= 0.6 is 0 Å². The van der Waals surface area contributed by atoms with Crippen molar-refractivity contribution in [3.63, 3.8) is 0 Å². The Morgan fingerprint density at radius 1 is 1.14 bits per heavy atom. The predicted molar refractivity (Wildman–Crippen MR) is 80.9 cm³/mol. The summed E-state index contributed by atoms with van der Waals surface area (Å²) in [7, 11) is 1.59. The van der Waals surface area contributed by atoms with Crippen LogP contribution < -0.4 is 4.74 Å². The SMILES string of the molecule is COc1ccc(CC/C=C(/N2CCCCC2)C(F)(F)F)cc1. The molecule has 0 atom stereocenters. The lowest BCUT2D eigenvalue weighted by Crippen LogP contribution is -2.35. The minimum atomic E-state index is -4.27. The number of alkyl halides is 3. The highest BCUT2D eigenvalue weighted by Gasteiger charge is 2.37. The molecule has 1 saturated heterocycles. The van der Waals surface area contributed by atoms with Crippen LogP contribution in [0.3, 0.4) is 0 Å². The molecule has 0 aliphatic carbocycles. The molecule has 1 aromatic carbocycles. The molecule has 0 unspecified atom stereocenters. The van der Waals surface area contributed by atoms with Gasteiger partial charge in [-0.3, -0.25) is 0 Å². The van der Waals surface area contributed by atoms with Crippen LogP contribution in [0.25, 0.3) is 0 Å². The number of likely N-dealkylation sites (tertiary alicyclic amines) is 1. The molecule has 1 aromatic rings. The van der Waals surface area contributed by atoms with Crippen molar-refractivity contribution < 1.29 is 17.9 Å². The fourth-order valence-corrected chi connectivity index (χ4v) is 2.73. The number of rotatable bonds is 5. The number of methoxy groups -OCH3 is 1. The Kier molecular flexibility index (Phi) is 5.75. The number of aryl methyl sites for hydroxylation is 1. The Bertz CT molecular complexity index is 488. The summed E-state index contributed by atoms with van der Waals surface area (Å²) in [6.07, 6.45) is 0.757. The van der Waals surface area contributed by atoms with Gasteiger partial charge in [-0.2, -0.15) is 13.2 Å². The third kappa shape index (κ3) is 4.68. The molecule has 0 radical (unpaired) electrons. The van der Waals surface area contributed by atoms with Crippen molar-refractivity contribution in [2.75, 3.05) is 20.2 Å². The van der Waals surface area contributed by atoms with Gasteiger partial charge in [0.1, 0.15) is 11.4 Å². The minimum absolute atomic E-state index is 0.387. The molecule has 1 fully saturated rings. The van der Waals surface area contributed by atoms with E-state index < -0.39 is 11.9 Å². The van der Waals surface area contributed by atoms with Crippen molar-refractivity contribution in [1.29, 1.82) is 0 Å². The highest BCUT2D eigenvalue weighted by molar-refractivity contribution is 5.27. The molecule has 0 N–H and O–H groups in total. The third-order valence-electron chi connectivity index (χ3n) is 3.92. The molecule has 0 saturated carbocycles. The molecule has 0 aromatic heterocycles. The van der Waals surface area contributed by atoms with Crippen molar-refractivity contribution in [2.24, 2.45) is 0 Å². The number of hydrogen-bond acceptors (Lipinski definition) is 2. The van der Waals surface area contributed by atoms with E-state index in [2.05, 4.69) is 0 Å². The maximum Gasteiger partial charge on any atom is 0.430 e. The molecule has 0 spiro atoms. The average molecular weight is 313 g/mol. The Hall–Kier alpha value is -1.65. The summed E-state index contributed by atoms with van der Waals surface area (Å²) in [4.78, 5) is 1.48. The van der Waals surface area contributed by atoms with Crippen molar-refractivity contribution in [3.05, 3.63) is 41.6 Å². The third-order valence-corrected chi connectivity index (χ3v) is 3.92. The van der Waals surface area contributed by atoms with Crippen molar-refractivity contribution in [3.8, 4) is 5.75 Å². The second-order valence-electron chi connectivity index (χ2n) is 5.52. The van der Waals surface area contributed by atoms with E-state index in [4.69, 9.17) is 4.74 Å². The minimum Gasteiger partial charge on any atom is -0.497 e. The summed E-state index contributed by atoms with van der Waals surface area (Å²) in [6.45, 7) is 1.02. The Labute approximate surface area is 129 Å². The van der Waals surface area contributed by atoms with Crippen molar-refractivity contribution in [1.82, 2.24) is 4.90 Å². The first-order valence-corrected chi connectivity index (χ1v) is 7.66. The van der Waals surface area contributed by atoms with Crippen LogP contribution in [0.15, 0.2) is 36.0 Å². The fourth-order valence-electron chi connectivity index (χ4n) is 2.73. The van der Waals surface area contributed by atoms with Gasteiger partial charge in [0.25, 0.3) is 0 Å². The zero-order valence-electron chi connectivity index (χ0n) is 12.8. The number of halogens is 3. The number of ether oxygens (including phenoxy) is 1. The van der Waals surface area contributed by atoms with Crippen LogP contribution in [0.4, 0.5) is 13.2 Å². The fraction of sp³-hybridized carbons (Fsp3) is 0.529. The van der Waals surface area contributed by atoms with Gasteiger partial charge in [0.05, 0.1) is 7.11 Å². The number of piperidine rings is 1. The normalized spacial score (nSPS) is 16.7.